The lowest BCUT2D eigenvalue weighted by atomic mass is 10.1. The molecule has 0 fully saturated rings. The number of nitrogen functional groups attached to an aromatic ring is 1. The second-order valence-electron chi connectivity index (χ2n) is 4.61. The third kappa shape index (κ3) is 2.52. The topological polar surface area (TPSA) is 70.9 Å². The van der Waals surface area contributed by atoms with Gasteiger partial charge in [-0.2, -0.15) is 10.4 Å². The number of hydrogen-bond donors (Lipinski definition) is 1. The Kier molecular flexibility index (Phi) is 3.43. The molecule has 0 aliphatic carbocycles. The van der Waals surface area contributed by atoms with E-state index in [-0.39, 0.29) is 0 Å². The lowest BCUT2D eigenvalue weighted by molar-refractivity contribution is 0.727. The van der Waals surface area contributed by atoms with Crippen LogP contribution in [0.4, 0.5) is 11.5 Å². The quantitative estimate of drug-likeness (QED) is 0.908. The molecule has 0 aliphatic rings. The fourth-order valence-electron chi connectivity index (χ4n) is 2.20. The van der Waals surface area contributed by atoms with Gasteiger partial charge in [0.1, 0.15) is 5.82 Å². The summed E-state index contributed by atoms with van der Waals surface area (Å²) in [5.74, 6) is 0.889. The molecule has 2 N–H and O–H groups in total. The molecule has 2 rings (SSSR count). The van der Waals surface area contributed by atoms with E-state index in [0.29, 0.717) is 17.8 Å². The van der Waals surface area contributed by atoms with Gasteiger partial charge in [-0.15, -0.1) is 0 Å². The first-order chi connectivity index (χ1) is 9.02. The van der Waals surface area contributed by atoms with E-state index in [1.54, 1.807) is 10.7 Å². The van der Waals surface area contributed by atoms with E-state index in [2.05, 4.69) is 11.2 Å². The number of benzene rings is 1. The summed E-state index contributed by atoms with van der Waals surface area (Å²) in [6.07, 6.45) is 0. The maximum absolute atomic E-state index is 8.91. The van der Waals surface area contributed by atoms with E-state index in [9.17, 15) is 0 Å². The fourth-order valence-corrected chi connectivity index (χ4v) is 2.20. The zero-order valence-electron chi connectivity index (χ0n) is 11.4. The molecule has 5 heteroatoms. The van der Waals surface area contributed by atoms with Crippen LogP contribution in [-0.2, 0) is 13.6 Å². The molecule has 1 aromatic heterocycles. The van der Waals surface area contributed by atoms with Crippen LogP contribution in [0.1, 0.15) is 16.8 Å². The number of aryl methyl sites for hydroxylation is 2. The van der Waals surface area contributed by atoms with Crippen molar-refractivity contribution in [3.63, 3.8) is 0 Å². The highest BCUT2D eigenvalue weighted by molar-refractivity contribution is 5.65. The van der Waals surface area contributed by atoms with Gasteiger partial charge in [-0.3, -0.25) is 4.68 Å². The molecule has 1 aromatic carbocycles. The van der Waals surface area contributed by atoms with Crippen molar-refractivity contribution in [2.75, 3.05) is 17.7 Å². The summed E-state index contributed by atoms with van der Waals surface area (Å²) in [6.45, 7) is 2.57. The lowest BCUT2D eigenvalue weighted by Crippen LogP contribution is -2.20. The summed E-state index contributed by atoms with van der Waals surface area (Å²) in [5, 5.41) is 13.2. The van der Waals surface area contributed by atoms with Crippen molar-refractivity contribution >= 4 is 11.5 Å². The Balaban J connectivity index is 2.25. The molecule has 0 saturated carbocycles. The van der Waals surface area contributed by atoms with Crippen LogP contribution >= 0.6 is 0 Å². The van der Waals surface area contributed by atoms with E-state index in [4.69, 9.17) is 11.0 Å². The molecule has 0 bridgehead atoms. The maximum atomic E-state index is 8.91. The minimum absolute atomic E-state index is 0.667. The summed E-state index contributed by atoms with van der Waals surface area (Å²) in [4.78, 5) is 2.03. The minimum Gasteiger partial charge on any atom is -0.394 e. The number of aromatic nitrogens is 2. The Morgan fingerprint density at radius 1 is 1.47 bits per heavy atom. The third-order valence-electron chi connectivity index (χ3n) is 3.07. The van der Waals surface area contributed by atoms with Crippen LogP contribution in [0.2, 0.25) is 0 Å². The van der Waals surface area contributed by atoms with Gasteiger partial charge in [-0.05, 0) is 24.6 Å². The van der Waals surface area contributed by atoms with Gasteiger partial charge < -0.3 is 10.6 Å². The molecule has 0 unspecified atom stereocenters. The predicted molar refractivity (Wildman–Crippen MR) is 75.6 cm³/mol. The zero-order valence-corrected chi connectivity index (χ0v) is 11.4. The van der Waals surface area contributed by atoms with Crippen LogP contribution in [0.3, 0.4) is 0 Å². The number of nitrogens with zero attached hydrogens (tertiary/aromatic N) is 4. The van der Waals surface area contributed by atoms with E-state index in [1.807, 2.05) is 44.1 Å². The number of nitrogens with two attached hydrogens (primary N) is 1. The fraction of sp³-hybridized carbons (Fsp3) is 0.286. The normalized spacial score (nSPS) is 10.2. The molecular formula is C14H17N5. The first-order valence-electron chi connectivity index (χ1n) is 6.02. The predicted octanol–water partition coefficient (Wildman–Crippen LogP) is 1.82. The van der Waals surface area contributed by atoms with Crippen LogP contribution in [0.15, 0.2) is 24.3 Å². The summed E-state index contributed by atoms with van der Waals surface area (Å²) in [5.41, 5.74) is 9.30. The largest absolute Gasteiger partial charge is 0.394 e. The van der Waals surface area contributed by atoms with Crippen molar-refractivity contribution in [3.05, 3.63) is 41.1 Å². The van der Waals surface area contributed by atoms with Crippen molar-refractivity contribution in [3.8, 4) is 6.07 Å². The number of hydrogen-bond acceptors (Lipinski definition) is 4. The van der Waals surface area contributed by atoms with E-state index >= 15 is 0 Å². The van der Waals surface area contributed by atoms with Crippen molar-refractivity contribution in [2.24, 2.45) is 7.05 Å². The Labute approximate surface area is 112 Å². The van der Waals surface area contributed by atoms with Gasteiger partial charge in [-0.1, -0.05) is 12.1 Å². The highest BCUT2D eigenvalue weighted by Crippen LogP contribution is 2.25. The molecule has 98 valence electrons. The molecule has 0 atom stereocenters. The molecule has 2 aromatic rings. The smallest absolute Gasteiger partial charge is 0.150 e. The van der Waals surface area contributed by atoms with Crippen LogP contribution in [0, 0.1) is 18.3 Å². The average Bonchev–Trinajstić information content (AvgIpc) is 2.63. The molecule has 0 saturated heterocycles. The van der Waals surface area contributed by atoms with Gasteiger partial charge in [0.25, 0.3) is 0 Å². The molecule has 1 heterocycles. The molecular weight excluding hydrogens is 238 g/mol. The molecule has 19 heavy (non-hydrogen) atoms. The molecule has 5 nitrogen and oxygen atoms in total. The van der Waals surface area contributed by atoms with E-state index < -0.39 is 0 Å². The Morgan fingerprint density at radius 3 is 2.79 bits per heavy atom. The Bertz CT molecular complexity index is 636. The highest BCUT2D eigenvalue weighted by atomic mass is 15.4. The molecule has 0 amide bonds. The number of anilines is 2. The lowest BCUT2D eigenvalue weighted by Gasteiger charge is -2.20. The summed E-state index contributed by atoms with van der Waals surface area (Å²) >= 11 is 0. The molecule has 0 spiro atoms. The SMILES string of the molecule is Cc1nn(C)c(N(C)Cc2cccc(C#N)c2)c1N. The van der Waals surface area contributed by atoms with Crippen LogP contribution < -0.4 is 10.6 Å². The standard InChI is InChI=1S/C14H17N5/c1-10-13(16)14(19(3)17-10)18(2)9-12-6-4-5-11(7-12)8-15/h4-7H,9,16H2,1-3H3. The van der Waals surface area contributed by atoms with Gasteiger partial charge in [0.15, 0.2) is 0 Å². The Morgan fingerprint density at radius 2 is 2.21 bits per heavy atom. The second kappa shape index (κ2) is 5.02. The van der Waals surface area contributed by atoms with Crippen molar-refractivity contribution in [1.82, 2.24) is 9.78 Å². The van der Waals surface area contributed by atoms with Gasteiger partial charge in [-0.25, -0.2) is 0 Å². The minimum atomic E-state index is 0.667. The first kappa shape index (κ1) is 13.0. The second-order valence-corrected chi connectivity index (χ2v) is 4.61. The zero-order chi connectivity index (χ0) is 14.0. The van der Waals surface area contributed by atoms with Crippen molar-refractivity contribution in [1.29, 1.82) is 5.26 Å². The van der Waals surface area contributed by atoms with Crippen LogP contribution in [0.5, 0.6) is 0 Å². The summed E-state index contributed by atoms with van der Waals surface area (Å²) in [7, 11) is 3.84. The average molecular weight is 255 g/mol. The van der Waals surface area contributed by atoms with Gasteiger partial charge in [0, 0.05) is 20.6 Å². The third-order valence-corrected chi connectivity index (χ3v) is 3.07. The van der Waals surface area contributed by atoms with Gasteiger partial charge in [0.2, 0.25) is 0 Å². The van der Waals surface area contributed by atoms with Crippen LogP contribution in [-0.4, -0.2) is 16.8 Å². The maximum Gasteiger partial charge on any atom is 0.150 e. The number of nitriles is 1. The van der Waals surface area contributed by atoms with Crippen LogP contribution in [0.25, 0.3) is 0 Å². The van der Waals surface area contributed by atoms with Gasteiger partial charge in [0.05, 0.1) is 23.0 Å². The number of rotatable bonds is 3. The monoisotopic (exact) mass is 255 g/mol. The highest BCUT2D eigenvalue weighted by Gasteiger charge is 2.14. The first-order valence-corrected chi connectivity index (χ1v) is 6.02. The van der Waals surface area contributed by atoms with Gasteiger partial charge >= 0.3 is 0 Å². The molecule has 0 aliphatic heterocycles. The van der Waals surface area contributed by atoms with Crippen molar-refractivity contribution < 1.29 is 0 Å². The summed E-state index contributed by atoms with van der Waals surface area (Å²) in [6, 6.07) is 9.71. The van der Waals surface area contributed by atoms with Crippen molar-refractivity contribution in [2.45, 2.75) is 13.5 Å². The molecule has 0 radical (unpaired) electrons. The summed E-state index contributed by atoms with van der Waals surface area (Å²) < 4.78 is 1.78. The van der Waals surface area contributed by atoms with E-state index in [1.165, 1.54) is 0 Å². The van der Waals surface area contributed by atoms with E-state index in [0.717, 1.165) is 17.1 Å². The Hall–Kier alpha value is -2.48.